The highest BCUT2D eigenvalue weighted by atomic mass is 19.1. The van der Waals surface area contributed by atoms with E-state index in [9.17, 15) is 9.50 Å². The minimum Gasteiger partial charge on any atom is -0.391 e. The van der Waals surface area contributed by atoms with Crippen LogP contribution in [-0.2, 0) is 0 Å². The van der Waals surface area contributed by atoms with Crippen LogP contribution in [0.4, 0.5) is 10.2 Å². The van der Waals surface area contributed by atoms with E-state index in [2.05, 4.69) is 26.3 Å². The Balaban J connectivity index is 1.31. The Kier molecular flexibility index (Phi) is 5.45. The van der Waals surface area contributed by atoms with Crippen LogP contribution in [0.2, 0.25) is 0 Å². The molecule has 1 saturated heterocycles. The molecule has 1 aromatic carbocycles. The minimum absolute atomic E-state index is 0.0256. The van der Waals surface area contributed by atoms with E-state index in [-0.39, 0.29) is 18.0 Å². The van der Waals surface area contributed by atoms with E-state index in [0.717, 1.165) is 43.9 Å². The van der Waals surface area contributed by atoms with Crippen LogP contribution in [0.25, 0.3) is 6.08 Å². The van der Waals surface area contributed by atoms with Crippen molar-refractivity contribution in [1.82, 2.24) is 14.9 Å². The third-order valence-electron chi connectivity index (χ3n) is 5.66. The number of aliphatic hydroxyl groups excluding tert-OH is 1. The maximum absolute atomic E-state index is 13.0. The third-order valence-corrected chi connectivity index (χ3v) is 5.66. The van der Waals surface area contributed by atoms with Gasteiger partial charge in [0.05, 0.1) is 18.3 Å². The van der Waals surface area contributed by atoms with Crippen molar-refractivity contribution in [1.29, 1.82) is 0 Å². The van der Waals surface area contributed by atoms with Crippen LogP contribution in [-0.4, -0.2) is 51.8 Å². The van der Waals surface area contributed by atoms with Gasteiger partial charge >= 0.3 is 0 Å². The predicted octanol–water partition coefficient (Wildman–Crippen LogP) is 2.81. The van der Waals surface area contributed by atoms with E-state index in [1.54, 1.807) is 30.7 Å². The highest BCUT2D eigenvalue weighted by molar-refractivity contribution is 5.49. The number of anilines is 1. The Morgan fingerprint density at radius 2 is 1.93 bits per heavy atom. The maximum atomic E-state index is 13.0. The summed E-state index contributed by atoms with van der Waals surface area (Å²) in [6.07, 6.45) is 10.6. The van der Waals surface area contributed by atoms with E-state index in [0.29, 0.717) is 11.8 Å². The quantitative estimate of drug-likeness (QED) is 0.850. The molecule has 0 unspecified atom stereocenters. The summed E-state index contributed by atoms with van der Waals surface area (Å²) in [6.45, 7) is 2.94. The van der Waals surface area contributed by atoms with E-state index < -0.39 is 0 Å². The van der Waals surface area contributed by atoms with Crippen LogP contribution in [0, 0.1) is 17.7 Å². The van der Waals surface area contributed by atoms with Crippen molar-refractivity contribution in [3.63, 3.8) is 0 Å². The lowest BCUT2D eigenvalue weighted by Crippen LogP contribution is -2.43. The fourth-order valence-corrected chi connectivity index (χ4v) is 4.31. The van der Waals surface area contributed by atoms with Crippen molar-refractivity contribution in [2.45, 2.75) is 25.0 Å². The van der Waals surface area contributed by atoms with Crippen LogP contribution >= 0.6 is 0 Å². The van der Waals surface area contributed by atoms with Crippen LogP contribution in [0.3, 0.4) is 0 Å². The molecule has 2 aliphatic rings. The Hall–Kier alpha value is -2.31. The molecule has 0 spiro atoms. The molecule has 0 amide bonds. The standard InChI is InChI=1S/C21H25FN4O/c22-18-5-3-15(4-6-18)2-1-9-26-13-16-10-19(20(27)11-17(16)14-26)25-21-12-23-7-8-24-21/h1-8,12,16-17,19-20,27H,9-11,13-14H2,(H,24,25)/b2-1+/t16-,17+,19-,20-/m1/s1. The molecule has 2 fully saturated rings. The maximum Gasteiger partial charge on any atom is 0.144 e. The summed E-state index contributed by atoms with van der Waals surface area (Å²) < 4.78 is 13.0. The minimum atomic E-state index is -0.358. The highest BCUT2D eigenvalue weighted by Crippen LogP contribution is 2.37. The number of fused-ring (bicyclic) bond motifs is 1. The summed E-state index contributed by atoms with van der Waals surface area (Å²) in [5, 5.41) is 13.9. The summed E-state index contributed by atoms with van der Waals surface area (Å²) in [4.78, 5) is 10.8. The molecule has 27 heavy (non-hydrogen) atoms. The SMILES string of the molecule is O[C@@H]1C[C@H]2CN(C/C=C/c3ccc(F)cc3)C[C@H]2C[C@H]1Nc1cnccn1. The number of nitrogens with one attached hydrogen (secondary N) is 1. The normalized spacial score (nSPS) is 28.4. The van der Waals surface area contributed by atoms with Crippen LogP contribution in [0.5, 0.6) is 0 Å². The molecule has 2 N–H and O–H groups in total. The van der Waals surface area contributed by atoms with E-state index >= 15 is 0 Å². The number of halogens is 1. The first-order valence-electron chi connectivity index (χ1n) is 9.52. The number of aliphatic hydroxyl groups is 1. The van der Waals surface area contributed by atoms with Gasteiger partial charge in [0.1, 0.15) is 11.6 Å². The van der Waals surface area contributed by atoms with Gasteiger partial charge in [-0.2, -0.15) is 0 Å². The Morgan fingerprint density at radius 3 is 2.67 bits per heavy atom. The van der Waals surface area contributed by atoms with Gasteiger partial charge in [-0.25, -0.2) is 9.37 Å². The van der Waals surface area contributed by atoms with Crippen LogP contribution in [0.15, 0.2) is 48.9 Å². The van der Waals surface area contributed by atoms with Gasteiger partial charge in [-0.05, 0) is 42.4 Å². The molecular formula is C21H25FN4O. The lowest BCUT2D eigenvalue weighted by atomic mass is 9.77. The number of benzene rings is 1. The monoisotopic (exact) mass is 368 g/mol. The van der Waals surface area contributed by atoms with Crippen LogP contribution in [0.1, 0.15) is 18.4 Å². The van der Waals surface area contributed by atoms with Crippen molar-refractivity contribution in [2.75, 3.05) is 25.0 Å². The van der Waals surface area contributed by atoms with E-state index in [1.165, 1.54) is 12.1 Å². The summed E-state index contributed by atoms with van der Waals surface area (Å²) in [6, 6.07) is 6.56. The number of hydrogen-bond donors (Lipinski definition) is 2. The molecule has 5 nitrogen and oxygen atoms in total. The van der Waals surface area contributed by atoms with Crippen LogP contribution < -0.4 is 5.32 Å². The molecular weight excluding hydrogens is 343 g/mol. The first-order valence-corrected chi connectivity index (χ1v) is 9.52. The van der Waals surface area contributed by atoms with Gasteiger partial charge in [0, 0.05) is 32.0 Å². The highest BCUT2D eigenvalue weighted by Gasteiger charge is 2.41. The largest absolute Gasteiger partial charge is 0.391 e. The number of likely N-dealkylation sites (tertiary alicyclic amines) is 1. The Bertz CT molecular complexity index is 768. The molecule has 0 radical (unpaired) electrons. The molecule has 4 atom stereocenters. The second-order valence-corrected chi connectivity index (χ2v) is 7.57. The zero-order valence-electron chi connectivity index (χ0n) is 15.2. The fourth-order valence-electron chi connectivity index (χ4n) is 4.31. The van der Waals surface area contributed by atoms with Crippen molar-refractivity contribution in [3.8, 4) is 0 Å². The molecule has 4 rings (SSSR count). The average Bonchev–Trinajstić information content (AvgIpc) is 3.06. The zero-order valence-corrected chi connectivity index (χ0v) is 15.2. The molecule has 2 heterocycles. The van der Waals surface area contributed by atoms with E-state index in [1.807, 2.05) is 6.08 Å². The van der Waals surface area contributed by atoms with Crippen molar-refractivity contribution in [3.05, 3.63) is 60.3 Å². The van der Waals surface area contributed by atoms with E-state index in [4.69, 9.17) is 0 Å². The topological polar surface area (TPSA) is 61.3 Å². The summed E-state index contributed by atoms with van der Waals surface area (Å²) in [5.41, 5.74) is 1.01. The molecule has 142 valence electrons. The Morgan fingerprint density at radius 1 is 1.15 bits per heavy atom. The summed E-state index contributed by atoms with van der Waals surface area (Å²) >= 11 is 0. The molecule has 1 saturated carbocycles. The fraction of sp³-hybridized carbons (Fsp3) is 0.429. The predicted molar refractivity (Wildman–Crippen MR) is 104 cm³/mol. The van der Waals surface area contributed by atoms with Gasteiger partial charge in [-0.15, -0.1) is 0 Å². The first kappa shape index (κ1) is 18.1. The number of hydrogen-bond acceptors (Lipinski definition) is 5. The summed E-state index contributed by atoms with van der Waals surface area (Å²) in [5.74, 6) is 1.64. The van der Waals surface area contributed by atoms with Gasteiger partial charge in [-0.1, -0.05) is 24.3 Å². The number of rotatable bonds is 5. The number of nitrogens with zero attached hydrogens (tertiary/aromatic N) is 3. The molecule has 1 aromatic heterocycles. The third kappa shape index (κ3) is 4.51. The van der Waals surface area contributed by atoms with Gasteiger partial charge in [0.2, 0.25) is 0 Å². The first-order chi connectivity index (χ1) is 13.2. The lowest BCUT2D eigenvalue weighted by molar-refractivity contribution is 0.0735. The van der Waals surface area contributed by atoms with Gasteiger partial charge < -0.3 is 10.4 Å². The smallest absolute Gasteiger partial charge is 0.144 e. The second-order valence-electron chi connectivity index (χ2n) is 7.57. The average molecular weight is 368 g/mol. The molecule has 1 aliphatic heterocycles. The lowest BCUT2D eigenvalue weighted by Gasteiger charge is -2.35. The van der Waals surface area contributed by atoms with Crippen molar-refractivity contribution < 1.29 is 9.50 Å². The van der Waals surface area contributed by atoms with Gasteiger partial charge in [-0.3, -0.25) is 9.88 Å². The Labute approximate surface area is 159 Å². The zero-order chi connectivity index (χ0) is 18.6. The molecule has 2 aromatic rings. The summed E-state index contributed by atoms with van der Waals surface area (Å²) in [7, 11) is 0. The molecule has 6 heteroatoms. The van der Waals surface area contributed by atoms with Crippen molar-refractivity contribution >= 4 is 11.9 Å². The second kappa shape index (κ2) is 8.15. The van der Waals surface area contributed by atoms with Gasteiger partial charge in [0.15, 0.2) is 0 Å². The molecule has 1 aliphatic carbocycles. The molecule has 0 bridgehead atoms. The van der Waals surface area contributed by atoms with Gasteiger partial charge in [0.25, 0.3) is 0 Å². The number of aromatic nitrogens is 2. The van der Waals surface area contributed by atoms with Crippen molar-refractivity contribution in [2.24, 2.45) is 11.8 Å².